The van der Waals surface area contributed by atoms with E-state index in [1.165, 1.54) is 7.14 Å². The van der Waals surface area contributed by atoms with Crippen LogP contribution in [0.25, 0.3) is 0 Å². The van der Waals surface area contributed by atoms with Gasteiger partial charge in [0.25, 0.3) is 0 Å². The average Bonchev–Trinajstić information content (AvgIpc) is 2.40. The summed E-state index contributed by atoms with van der Waals surface area (Å²) in [6, 6.07) is 16.6. The van der Waals surface area contributed by atoms with Gasteiger partial charge in [0.05, 0.1) is 14.2 Å². The van der Waals surface area contributed by atoms with Crippen LogP contribution in [-0.2, 0) is 0 Å². The Hall–Kier alpha value is -0.750. The summed E-state index contributed by atoms with van der Waals surface area (Å²) < 4.78 is 13.1. The molecule has 0 N–H and O–H groups in total. The van der Waals surface area contributed by atoms with Crippen LogP contribution < -0.4 is 30.7 Å². The zero-order chi connectivity index (χ0) is 12.1. The van der Waals surface area contributed by atoms with E-state index in [0.717, 1.165) is 11.5 Å². The molecular formula is C14H15BrIO2+. The molecular weight excluding hydrogens is 407 g/mol. The average molecular weight is 422 g/mol. The standard InChI is InChI=1S/C14H14IO2.BrH/c1-16-13-7-3-11(4-8-13)15-12-5-9-14(17-2)10-6-12;/h3-10H,1-2H3;1H/q+1;. The number of halogens is 2. The summed E-state index contributed by atoms with van der Waals surface area (Å²) in [7, 11) is 3.38. The first-order valence-corrected chi connectivity index (χ1v) is 7.40. The molecule has 0 unspecified atom stereocenters. The predicted molar refractivity (Wildman–Crippen MR) is 73.7 cm³/mol. The highest BCUT2D eigenvalue weighted by molar-refractivity contribution is 8.93. The first-order valence-electron chi connectivity index (χ1n) is 5.25. The maximum atomic E-state index is 5.15. The van der Waals surface area contributed by atoms with Crippen LogP contribution in [0.2, 0.25) is 0 Å². The number of benzene rings is 2. The molecule has 4 heteroatoms. The first kappa shape index (κ1) is 15.3. The Bertz CT molecular complexity index is 423. The van der Waals surface area contributed by atoms with Crippen LogP contribution in [0.1, 0.15) is 0 Å². The van der Waals surface area contributed by atoms with Gasteiger partial charge < -0.3 is 9.47 Å². The highest BCUT2D eigenvalue weighted by atomic mass is 127. The van der Waals surface area contributed by atoms with E-state index in [9.17, 15) is 0 Å². The topological polar surface area (TPSA) is 18.5 Å². The summed E-state index contributed by atoms with van der Waals surface area (Å²) in [5.74, 6) is 1.82. The minimum absolute atomic E-state index is 0. The van der Waals surface area contributed by atoms with Gasteiger partial charge in [0.2, 0.25) is 0 Å². The lowest BCUT2D eigenvalue weighted by atomic mass is 10.3. The molecule has 0 aliphatic rings. The molecule has 2 rings (SSSR count). The molecule has 2 nitrogen and oxygen atoms in total. The van der Waals surface area contributed by atoms with Gasteiger partial charge >= 0.3 is 21.2 Å². The van der Waals surface area contributed by atoms with E-state index >= 15 is 0 Å². The predicted octanol–water partition coefficient (Wildman–Crippen LogP) is 0.410. The fourth-order valence-electron chi connectivity index (χ4n) is 1.39. The first-order chi connectivity index (χ1) is 8.31. The Kier molecular flexibility index (Phi) is 6.49. The van der Waals surface area contributed by atoms with Gasteiger partial charge in [0.15, 0.2) is 7.14 Å². The molecule has 0 bridgehead atoms. The summed E-state index contributed by atoms with van der Waals surface area (Å²) in [6.07, 6.45) is 0. The molecule has 2 aromatic rings. The van der Waals surface area contributed by atoms with Crippen molar-refractivity contribution in [3.05, 3.63) is 55.7 Å². The SMILES string of the molecule is Br.COc1ccc([I+]c2ccc(OC)cc2)cc1. The maximum Gasteiger partial charge on any atom is 0.357 e. The second-order valence-corrected chi connectivity index (χ2v) is 6.44. The van der Waals surface area contributed by atoms with Crippen LogP contribution in [-0.4, -0.2) is 14.2 Å². The minimum Gasteiger partial charge on any atom is -0.497 e. The Morgan fingerprint density at radius 3 is 1.28 bits per heavy atom. The van der Waals surface area contributed by atoms with E-state index < -0.39 is 0 Å². The third kappa shape index (κ3) is 4.17. The van der Waals surface area contributed by atoms with Gasteiger partial charge in [-0.2, -0.15) is 0 Å². The molecule has 0 radical (unpaired) electrons. The molecule has 0 aliphatic carbocycles. The van der Waals surface area contributed by atoms with E-state index in [0.29, 0.717) is 0 Å². The van der Waals surface area contributed by atoms with Crippen molar-refractivity contribution in [2.45, 2.75) is 0 Å². The van der Waals surface area contributed by atoms with Gasteiger partial charge in [-0.1, -0.05) is 0 Å². The molecule has 0 saturated carbocycles. The molecule has 2 aromatic carbocycles. The van der Waals surface area contributed by atoms with E-state index in [2.05, 4.69) is 24.3 Å². The summed E-state index contributed by atoms with van der Waals surface area (Å²) in [5, 5.41) is 0. The lowest BCUT2D eigenvalue weighted by Gasteiger charge is -1.97. The fourth-order valence-corrected chi connectivity index (χ4v) is 3.55. The number of rotatable bonds is 4. The number of hydrogen-bond acceptors (Lipinski definition) is 2. The number of methoxy groups -OCH3 is 2. The van der Waals surface area contributed by atoms with Crippen molar-refractivity contribution in [3.63, 3.8) is 0 Å². The molecule has 18 heavy (non-hydrogen) atoms. The van der Waals surface area contributed by atoms with Crippen molar-refractivity contribution in [1.29, 1.82) is 0 Å². The molecule has 0 spiro atoms. The molecule has 0 aliphatic heterocycles. The fraction of sp³-hybridized carbons (Fsp3) is 0.143. The van der Waals surface area contributed by atoms with Crippen LogP contribution >= 0.6 is 17.0 Å². The zero-order valence-corrected chi connectivity index (χ0v) is 14.1. The Labute approximate surface area is 128 Å². The largest absolute Gasteiger partial charge is 0.497 e. The van der Waals surface area contributed by atoms with Crippen LogP contribution in [0, 0.1) is 7.14 Å². The van der Waals surface area contributed by atoms with Crippen molar-refractivity contribution in [2.24, 2.45) is 0 Å². The Morgan fingerprint density at radius 2 is 1.00 bits per heavy atom. The normalized spacial score (nSPS) is 9.44. The van der Waals surface area contributed by atoms with Crippen LogP contribution in [0.5, 0.6) is 11.5 Å². The van der Waals surface area contributed by atoms with Crippen LogP contribution in [0.3, 0.4) is 0 Å². The highest BCUT2D eigenvalue weighted by Crippen LogP contribution is 2.07. The minimum atomic E-state index is -0.119. The van der Waals surface area contributed by atoms with E-state index in [-0.39, 0.29) is 38.2 Å². The van der Waals surface area contributed by atoms with E-state index in [1.807, 2.05) is 24.3 Å². The van der Waals surface area contributed by atoms with Crippen LogP contribution in [0.15, 0.2) is 48.5 Å². The summed E-state index contributed by atoms with van der Waals surface area (Å²) in [5.41, 5.74) is 0. The smallest absolute Gasteiger partial charge is 0.357 e. The van der Waals surface area contributed by atoms with Crippen molar-refractivity contribution in [3.8, 4) is 11.5 Å². The Balaban J connectivity index is 0.00000162. The highest BCUT2D eigenvalue weighted by Gasteiger charge is 2.15. The monoisotopic (exact) mass is 421 g/mol. The molecule has 0 amide bonds. The molecule has 0 fully saturated rings. The van der Waals surface area contributed by atoms with Gasteiger partial charge in [0, 0.05) is 0 Å². The van der Waals surface area contributed by atoms with Crippen molar-refractivity contribution in [1.82, 2.24) is 0 Å². The molecule has 0 atom stereocenters. The molecule has 0 heterocycles. The lowest BCUT2D eigenvalue weighted by molar-refractivity contribution is -0.597. The third-order valence-corrected chi connectivity index (χ3v) is 5.00. The van der Waals surface area contributed by atoms with Gasteiger partial charge in [-0.15, -0.1) is 17.0 Å². The van der Waals surface area contributed by atoms with Crippen molar-refractivity contribution in [2.75, 3.05) is 14.2 Å². The summed E-state index contributed by atoms with van der Waals surface area (Å²) in [6.45, 7) is 0. The van der Waals surface area contributed by atoms with Crippen molar-refractivity contribution < 1.29 is 30.7 Å². The molecule has 96 valence electrons. The number of ether oxygens (including phenoxy) is 2. The van der Waals surface area contributed by atoms with Gasteiger partial charge in [-0.3, -0.25) is 0 Å². The van der Waals surface area contributed by atoms with Gasteiger partial charge in [-0.05, 0) is 48.5 Å². The quantitative estimate of drug-likeness (QED) is 0.666. The van der Waals surface area contributed by atoms with E-state index in [4.69, 9.17) is 9.47 Å². The maximum absolute atomic E-state index is 5.15. The Morgan fingerprint density at radius 1 is 0.667 bits per heavy atom. The number of hydrogen-bond donors (Lipinski definition) is 0. The third-order valence-electron chi connectivity index (χ3n) is 2.32. The second-order valence-electron chi connectivity index (χ2n) is 3.41. The van der Waals surface area contributed by atoms with E-state index in [1.54, 1.807) is 14.2 Å². The zero-order valence-electron chi connectivity index (χ0n) is 10.2. The van der Waals surface area contributed by atoms with Crippen LogP contribution in [0.4, 0.5) is 0 Å². The van der Waals surface area contributed by atoms with Gasteiger partial charge in [-0.25, -0.2) is 0 Å². The summed E-state index contributed by atoms with van der Waals surface area (Å²) >= 11 is -0.119. The second kappa shape index (κ2) is 7.63. The van der Waals surface area contributed by atoms with Crippen molar-refractivity contribution >= 4 is 17.0 Å². The summed E-state index contributed by atoms with van der Waals surface area (Å²) in [4.78, 5) is 0. The lowest BCUT2D eigenvalue weighted by Crippen LogP contribution is -3.61. The molecule has 0 saturated heterocycles. The van der Waals surface area contributed by atoms with Gasteiger partial charge in [0.1, 0.15) is 11.5 Å². The molecule has 0 aromatic heterocycles.